The summed E-state index contributed by atoms with van der Waals surface area (Å²) in [5.41, 5.74) is 8.16. The lowest BCUT2D eigenvalue weighted by atomic mass is 10.0. The van der Waals surface area contributed by atoms with Gasteiger partial charge in [-0.2, -0.15) is 0 Å². The number of nitrogens with zero attached hydrogens (tertiary/aromatic N) is 3. The Bertz CT molecular complexity index is 1190. The van der Waals surface area contributed by atoms with Crippen molar-refractivity contribution in [2.45, 2.75) is 27.2 Å². The van der Waals surface area contributed by atoms with Crippen LogP contribution < -0.4 is 4.90 Å². The average Bonchev–Trinajstić information content (AvgIpc) is 3.10. The van der Waals surface area contributed by atoms with Crippen molar-refractivity contribution < 1.29 is 4.79 Å². The second-order valence-corrected chi connectivity index (χ2v) is 7.56. The highest BCUT2D eigenvalue weighted by atomic mass is 16.2. The van der Waals surface area contributed by atoms with E-state index in [-0.39, 0.29) is 12.3 Å². The fourth-order valence-corrected chi connectivity index (χ4v) is 3.60. The highest BCUT2D eigenvalue weighted by molar-refractivity contribution is 5.95. The van der Waals surface area contributed by atoms with Crippen molar-refractivity contribution in [3.8, 4) is 11.3 Å². The highest BCUT2D eigenvalue weighted by Gasteiger charge is 2.20. The fraction of sp³-hybridized carbons (Fsp3) is 0.200. The van der Waals surface area contributed by atoms with Crippen molar-refractivity contribution in [1.29, 1.82) is 0 Å². The Kier molecular flexibility index (Phi) is 4.93. The third kappa shape index (κ3) is 3.54. The molecule has 4 aromatic rings. The molecule has 29 heavy (non-hydrogen) atoms. The van der Waals surface area contributed by atoms with Crippen LogP contribution in [0.3, 0.4) is 0 Å². The Hall–Kier alpha value is -3.40. The second kappa shape index (κ2) is 7.55. The Morgan fingerprint density at radius 2 is 1.69 bits per heavy atom. The molecular formula is C25H25N3O. The summed E-state index contributed by atoms with van der Waals surface area (Å²) in [4.78, 5) is 19.8. The average molecular weight is 383 g/mol. The quantitative estimate of drug-likeness (QED) is 0.490. The third-order valence-corrected chi connectivity index (χ3v) is 5.56. The molecule has 4 rings (SSSR count). The van der Waals surface area contributed by atoms with Crippen molar-refractivity contribution in [3.05, 3.63) is 89.2 Å². The first kappa shape index (κ1) is 18.9. The molecule has 0 aliphatic carbocycles. The predicted molar refractivity (Wildman–Crippen MR) is 118 cm³/mol. The number of imidazole rings is 1. The van der Waals surface area contributed by atoms with E-state index in [0.29, 0.717) is 0 Å². The van der Waals surface area contributed by atoms with E-state index in [2.05, 4.69) is 36.4 Å². The van der Waals surface area contributed by atoms with Gasteiger partial charge in [0.1, 0.15) is 5.65 Å². The SMILES string of the molecule is Cc1ccc(-c2nc3c(C)cccn3c2CC(=O)N(C)c2ccccc2)cc1C. The molecule has 0 atom stereocenters. The van der Waals surface area contributed by atoms with Crippen LogP contribution in [0, 0.1) is 20.8 Å². The van der Waals surface area contributed by atoms with E-state index in [1.54, 1.807) is 4.90 Å². The van der Waals surface area contributed by atoms with Gasteiger partial charge in [0.15, 0.2) is 0 Å². The largest absolute Gasteiger partial charge is 0.315 e. The molecule has 2 aromatic carbocycles. The molecule has 4 nitrogen and oxygen atoms in total. The van der Waals surface area contributed by atoms with Crippen LogP contribution in [0.5, 0.6) is 0 Å². The molecule has 146 valence electrons. The van der Waals surface area contributed by atoms with Gasteiger partial charge >= 0.3 is 0 Å². The summed E-state index contributed by atoms with van der Waals surface area (Å²) in [6.45, 7) is 6.26. The maximum absolute atomic E-state index is 13.1. The molecule has 0 fully saturated rings. The van der Waals surface area contributed by atoms with Crippen molar-refractivity contribution in [2.24, 2.45) is 0 Å². The standard InChI is InChI=1S/C25H25N3O/c1-17-12-13-20(15-19(17)3)24-22(28-14-8-9-18(2)25(28)26-24)16-23(29)27(4)21-10-6-5-7-11-21/h5-15H,16H2,1-4H3. The number of aryl methyl sites for hydroxylation is 3. The van der Waals surface area contributed by atoms with E-state index in [1.165, 1.54) is 11.1 Å². The molecular weight excluding hydrogens is 358 g/mol. The van der Waals surface area contributed by atoms with Crippen LogP contribution in [-0.2, 0) is 11.2 Å². The number of aromatic nitrogens is 2. The van der Waals surface area contributed by atoms with Gasteiger partial charge in [-0.3, -0.25) is 4.79 Å². The fourth-order valence-electron chi connectivity index (χ4n) is 3.60. The lowest BCUT2D eigenvalue weighted by Gasteiger charge is -2.17. The molecule has 0 bridgehead atoms. The van der Waals surface area contributed by atoms with Crippen LogP contribution in [-0.4, -0.2) is 22.3 Å². The monoisotopic (exact) mass is 383 g/mol. The second-order valence-electron chi connectivity index (χ2n) is 7.56. The van der Waals surface area contributed by atoms with Crippen molar-refractivity contribution in [3.63, 3.8) is 0 Å². The molecule has 4 heteroatoms. The molecule has 0 saturated carbocycles. The molecule has 1 amide bonds. The summed E-state index contributed by atoms with van der Waals surface area (Å²) < 4.78 is 2.05. The van der Waals surface area contributed by atoms with E-state index in [9.17, 15) is 4.79 Å². The number of fused-ring (bicyclic) bond motifs is 1. The molecule has 0 spiro atoms. The van der Waals surface area contributed by atoms with Crippen LogP contribution in [0.25, 0.3) is 16.9 Å². The summed E-state index contributed by atoms with van der Waals surface area (Å²) in [5, 5.41) is 0. The van der Waals surface area contributed by atoms with Crippen molar-refractivity contribution in [2.75, 3.05) is 11.9 Å². The molecule has 0 unspecified atom stereocenters. The zero-order valence-electron chi connectivity index (χ0n) is 17.3. The molecule has 2 aromatic heterocycles. The number of para-hydroxylation sites is 1. The number of pyridine rings is 1. The summed E-state index contributed by atoms with van der Waals surface area (Å²) in [6.07, 6.45) is 2.27. The Morgan fingerprint density at radius 1 is 0.931 bits per heavy atom. The number of carbonyl (C=O) groups excluding carboxylic acids is 1. The van der Waals surface area contributed by atoms with Gasteiger partial charge in [-0.15, -0.1) is 0 Å². The summed E-state index contributed by atoms with van der Waals surface area (Å²) in [6, 6.07) is 20.1. The van der Waals surface area contributed by atoms with Gasteiger partial charge in [-0.05, 0) is 61.7 Å². The maximum atomic E-state index is 13.1. The minimum absolute atomic E-state index is 0.0320. The van der Waals surface area contributed by atoms with Gasteiger partial charge in [0.25, 0.3) is 0 Å². The topological polar surface area (TPSA) is 37.6 Å². The van der Waals surface area contributed by atoms with Crippen LogP contribution in [0.2, 0.25) is 0 Å². The number of anilines is 1. The normalized spacial score (nSPS) is 11.0. The highest BCUT2D eigenvalue weighted by Crippen LogP contribution is 2.28. The van der Waals surface area contributed by atoms with Crippen LogP contribution in [0.15, 0.2) is 66.9 Å². The summed E-state index contributed by atoms with van der Waals surface area (Å²) >= 11 is 0. The number of rotatable bonds is 4. The molecule has 0 N–H and O–H groups in total. The van der Waals surface area contributed by atoms with Crippen LogP contribution in [0.1, 0.15) is 22.4 Å². The van der Waals surface area contributed by atoms with Gasteiger partial charge in [0, 0.05) is 24.5 Å². The first-order chi connectivity index (χ1) is 14.0. The molecule has 2 heterocycles. The van der Waals surface area contributed by atoms with E-state index >= 15 is 0 Å². The van der Waals surface area contributed by atoms with Gasteiger partial charge in [0.05, 0.1) is 17.8 Å². The zero-order chi connectivity index (χ0) is 20.5. The third-order valence-electron chi connectivity index (χ3n) is 5.56. The molecule has 0 radical (unpaired) electrons. The lowest BCUT2D eigenvalue weighted by Crippen LogP contribution is -2.28. The molecule has 0 saturated heterocycles. The Morgan fingerprint density at radius 3 is 2.41 bits per heavy atom. The minimum Gasteiger partial charge on any atom is -0.315 e. The van der Waals surface area contributed by atoms with Crippen molar-refractivity contribution >= 4 is 17.2 Å². The van der Waals surface area contributed by atoms with Gasteiger partial charge in [-0.1, -0.05) is 36.4 Å². The van der Waals surface area contributed by atoms with E-state index in [0.717, 1.165) is 33.8 Å². The zero-order valence-corrected chi connectivity index (χ0v) is 17.3. The smallest absolute Gasteiger partial charge is 0.232 e. The van der Waals surface area contributed by atoms with E-state index in [4.69, 9.17) is 4.98 Å². The number of carbonyl (C=O) groups is 1. The summed E-state index contributed by atoms with van der Waals surface area (Å²) in [5.74, 6) is 0.0320. The van der Waals surface area contributed by atoms with Crippen LogP contribution >= 0.6 is 0 Å². The molecule has 0 aliphatic rings. The molecule has 0 aliphatic heterocycles. The minimum atomic E-state index is 0.0320. The van der Waals surface area contributed by atoms with Crippen molar-refractivity contribution in [1.82, 2.24) is 9.38 Å². The van der Waals surface area contributed by atoms with E-state index in [1.807, 2.05) is 62.6 Å². The van der Waals surface area contributed by atoms with E-state index < -0.39 is 0 Å². The number of hydrogen-bond donors (Lipinski definition) is 0. The predicted octanol–water partition coefficient (Wildman–Crippen LogP) is 5.13. The first-order valence-electron chi connectivity index (χ1n) is 9.81. The Balaban J connectivity index is 1.81. The number of hydrogen-bond acceptors (Lipinski definition) is 2. The number of amides is 1. The van der Waals surface area contributed by atoms with Gasteiger partial charge in [-0.25, -0.2) is 4.98 Å². The van der Waals surface area contributed by atoms with Crippen LogP contribution in [0.4, 0.5) is 5.69 Å². The first-order valence-corrected chi connectivity index (χ1v) is 9.81. The lowest BCUT2D eigenvalue weighted by molar-refractivity contribution is -0.117. The Labute approximate surface area is 171 Å². The number of benzene rings is 2. The maximum Gasteiger partial charge on any atom is 0.232 e. The number of likely N-dealkylation sites (N-methyl/N-ethyl adjacent to an activating group) is 1. The van der Waals surface area contributed by atoms with Gasteiger partial charge in [0.2, 0.25) is 5.91 Å². The van der Waals surface area contributed by atoms with Gasteiger partial charge < -0.3 is 9.30 Å². The summed E-state index contributed by atoms with van der Waals surface area (Å²) in [7, 11) is 1.82.